The summed E-state index contributed by atoms with van der Waals surface area (Å²) in [7, 11) is 1.68. The van der Waals surface area contributed by atoms with E-state index in [1.165, 1.54) is 25.0 Å². The lowest BCUT2D eigenvalue weighted by molar-refractivity contribution is 0.226. The van der Waals surface area contributed by atoms with Crippen molar-refractivity contribution >= 4 is 23.4 Å². The third-order valence-electron chi connectivity index (χ3n) is 5.92. The molecular formula is C25H29FN6O. The molecule has 2 aliphatic rings. The lowest BCUT2D eigenvalue weighted by atomic mass is 9.92. The minimum Gasteiger partial charge on any atom is -0.482 e. The number of aromatic nitrogens is 1. The van der Waals surface area contributed by atoms with E-state index in [0.29, 0.717) is 41.5 Å². The highest BCUT2D eigenvalue weighted by Gasteiger charge is 2.24. The molecule has 33 heavy (non-hydrogen) atoms. The monoisotopic (exact) mass is 448 g/mol. The predicted octanol–water partition coefficient (Wildman–Crippen LogP) is 3.76. The zero-order valence-electron chi connectivity index (χ0n) is 18.9. The molecule has 0 amide bonds. The van der Waals surface area contributed by atoms with Gasteiger partial charge in [0.15, 0.2) is 11.6 Å². The van der Waals surface area contributed by atoms with E-state index in [0.717, 1.165) is 22.4 Å². The summed E-state index contributed by atoms with van der Waals surface area (Å²) in [5, 5.41) is 0. The van der Waals surface area contributed by atoms with Gasteiger partial charge < -0.3 is 21.9 Å². The fraction of sp³-hybridized carbons (Fsp3) is 0.320. The average Bonchev–Trinajstić information content (AvgIpc) is 3.63. The number of ether oxygens (including phenoxy) is 1. The molecule has 0 unspecified atom stereocenters. The molecular weight excluding hydrogens is 419 g/mol. The van der Waals surface area contributed by atoms with E-state index in [9.17, 15) is 4.39 Å². The normalized spacial score (nSPS) is 21.6. The van der Waals surface area contributed by atoms with Crippen molar-refractivity contribution in [3.63, 3.8) is 0 Å². The minimum atomic E-state index is -0.538. The second-order valence-corrected chi connectivity index (χ2v) is 8.43. The summed E-state index contributed by atoms with van der Waals surface area (Å²) in [6, 6.07) is 6.27. The van der Waals surface area contributed by atoms with Crippen LogP contribution in [0.25, 0.3) is 5.70 Å². The van der Waals surface area contributed by atoms with Gasteiger partial charge in [0.2, 0.25) is 0 Å². The Morgan fingerprint density at radius 3 is 2.73 bits per heavy atom. The number of fused-ring (bicyclic) bond motifs is 3. The smallest absolute Gasteiger partial charge is 0.166 e. The maximum Gasteiger partial charge on any atom is 0.166 e. The van der Waals surface area contributed by atoms with E-state index in [1.54, 1.807) is 31.7 Å². The van der Waals surface area contributed by atoms with Gasteiger partial charge in [0.1, 0.15) is 11.9 Å². The third kappa shape index (κ3) is 4.89. The third-order valence-corrected chi connectivity index (χ3v) is 5.92. The summed E-state index contributed by atoms with van der Waals surface area (Å²) >= 11 is 0. The number of pyridine rings is 1. The Bertz CT molecular complexity index is 1180. The Kier molecular flexibility index (Phi) is 6.44. The van der Waals surface area contributed by atoms with Crippen LogP contribution in [0.15, 0.2) is 57.8 Å². The first-order chi connectivity index (χ1) is 15.9. The van der Waals surface area contributed by atoms with Gasteiger partial charge in [-0.1, -0.05) is 0 Å². The Hall–Kier alpha value is -3.68. The summed E-state index contributed by atoms with van der Waals surface area (Å²) in [4.78, 5) is 13.4. The van der Waals surface area contributed by atoms with E-state index < -0.39 is 6.10 Å². The van der Waals surface area contributed by atoms with Gasteiger partial charge in [-0.3, -0.25) is 9.98 Å². The van der Waals surface area contributed by atoms with Crippen LogP contribution in [0.5, 0.6) is 5.75 Å². The van der Waals surface area contributed by atoms with Crippen LogP contribution in [0.1, 0.15) is 49.0 Å². The summed E-state index contributed by atoms with van der Waals surface area (Å²) in [5.41, 5.74) is 23.6. The number of aliphatic imine (C=N–C) groups is 2. The lowest BCUT2D eigenvalue weighted by Gasteiger charge is -2.23. The summed E-state index contributed by atoms with van der Waals surface area (Å²) in [5.74, 6) is 0.841. The standard InChI is InChI=1S/C25H29FN6O/c1-14-21-9-19(26)5-6-20(21)23(28)17(12-30-2)7-16(10-27)24(31-11-15-3-4-15)18-8-22(33-14)25(29)32-13-18/h5-6,8-10,12-15H,3-4,7,11,27-28H2,1-2H3,(H2,29,32)/t14-/m1/s1. The van der Waals surface area contributed by atoms with Crippen LogP contribution in [0.4, 0.5) is 10.2 Å². The quantitative estimate of drug-likeness (QED) is 0.617. The molecule has 0 radical (unpaired) electrons. The molecule has 2 heterocycles. The molecule has 2 bridgehead atoms. The molecule has 8 heteroatoms. The topological polar surface area (TPSA) is 125 Å². The molecule has 1 saturated carbocycles. The Morgan fingerprint density at radius 1 is 1.24 bits per heavy atom. The lowest BCUT2D eigenvalue weighted by Crippen LogP contribution is -2.17. The molecule has 0 saturated heterocycles. The number of allylic oxidation sites excluding steroid dienone is 2. The highest BCUT2D eigenvalue weighted by molar-refractivity contribution is 6.14. The minimum absolute atomic E-state index is 0.239. The van der Waals surface area contributed by atoms with Crippen LogP contribution in [0, 0.1) is 11.7 Å². The van der Waals surface area contributed by atoms with E-state index in [1.807, 2.05) is 13.0 Å². The second kappa shape index (κ2) is 9.44. The molecule has 1 aliphatic carbocycles. The number of hydrogen-bond donors (Lipinski definition) is 3. The van der Waals surface area contributed by atoms with Crippen molar-refractivity contribution in [1.29, 1.82) is 0 Å². The Morgan fingerprint density at radius 2 is 2.03 bits per heavy atom. The number of benzene rings is 1. The molecule has 4 rings (SSSR count). The highest BCUT2D eigenvalue weighted by Crippen LogP contribution is 2.34. The molecule has 172 valence electrons. The van der Waals surface area contributed by atoms with Gasteiger partial charge in [0, 0.05) is 54.8 Å². The average molecular weight is 449 g/mol. The molecule has 1 aliphatic heterocycles. The zero-order valence-corrected chi connectivity index (χ0v) is 18.9. The van der Waals surface area contributed by atoms with Gasteiger partial charge in [-0.05, 0) is 67.3 Å². The van der Waals surface area contributed by atoms with Gasteiger partial charge in [0.05, 0.1) is 5.71 Å². The van der Waals surface area contributed by atoms with Crippen molar-refractivity contribution in [2.75, 3.05) is 19.3 Å². The summed E-state index contributed by atoms with van der Waals surface area (Å²) in [6.07, 6.45) is 7.13. The maximum atomic E-state index is 14.2. The number of nitrogens with two attached hydrogens (primary N) is 3. The first-order valence-corrected chi connectivity index (χ1v) is 11.0. The van der Waals surface area contributed by atoms with Crippen LogP contribution >= 0.6 is 0 Å². The molecule has 1 fully saturated rings. The van der Waals surface area contributed by atoms with Crippen LogP contribution in [-0.2, 0) is 0 Å². The van der Waals surface area contributed by atoms with Crippen molar-refractivity contribution in [3.05, 3.63) is 70.3 Å². The number of anilines is 1. The number of hydrogen-bond acceptors (Lipinski definition) is 7. The molecule has 1 atom stereocenters. The predicted molar refractivity (Wildman–Crippen MR) is 131 cm³/mol. The Labute approximate surface area is 193 Å². The largest absolute Gasteiger partial charge is 0.482 e. The van der Waals surface area contributed by atoms with E-state index in [-0.39, 0.29) is 11.6 Å². The first-order valence-electron chi connectivity index (χ1n) is 11.0. The summed E-state index contributed by atoms with van der Waals surface area (Å²) in [6.45, 7) is 2.53. The Balaban J connectivity index is 1.95. The van der Waals surface area contributed by atoms with Crippen molar-refractivity contribution in [3.8, 4) is 5.75 Å². The molecule has 7 nitrogen and oxygen atoms in total. The van der Waals surface area contributed by atoms with Gasteiger partial charge >= 0.3 is 0 Å². The maximum absolute atomic E-state index is 14.2. The van der Waals surface area contributed by atoms with Crippen LogP contribution in [0.3, 0.4) is 0 Å². The van der Waals surface area contributed by atoms with Crippen molar-refractivity contribution < 1.29 is 9.13 Å². The van der Waals surface area contributed by atoms with Gasteiger partial charge in [-0.15, -0.1) is 0 Å². The van der Waals surface area contributed by atoms with E-state index >= 15 is 0 Å². The summed E-state index contributed by atoms with van der Waals surface area (Å²) < 4.78 is 20.4. The van der Waals surface area contributed by atoms with E-state index in [2.05, 4.69) is 9.98 Å². The van der Waals surface area contributed by atoms with Crippen LogP contribution in [-0.4, -0.2) is 30.5 Å². The highest BCUT2D eigenvalue weighted by atomic mass is 19.1. The fourth-order valence-electron chi connectivity index (χ4n) is 3.91. The molecule has 1 aromatic carbocycles. The van der Waals surface area contributed by atoms with Gasteiger partial charge in [-0.2, -0.15) is 0 Å². The molecule has 0 spiro atoms. The van der Waals surface area contributed by atoms with Gasteiger partial charge in [-0.25, -0.2) is 9.37 Å². The van der Waals surface area contributed by atoms with Crippen molar-refractivity contribution in [2.24, 2.45) is 27.4 Å². The van der Waals surface area contributed by atoms with Gasteiger partial charge in [0.25, 0.3) is 0 Å². The SMILES string of the molecule is CN=CC1=C(N)c2ccc(F)cc2[C@@H](C)Oc2cc(cnc2N)C(=NCC2CC2)C(=CN)C1. The number of halogens is 1. The van der Waals surface area contributed by atoms with Crippen LogP contribution in [0.2, 0.25) is 0 Å². The number of rotatable bonds is 3. The second-order valence-electron chi connectivity index (χ2n) is 8.43. The molecule has 2 aromatic rings. The molecule has 6 N–H and O–H groups in total. The number of nitrogens with zero attached hydrogens (tertiary/aromatic N) is 3. The van der Waals surface area contributed by atoms with E-state index in [4.69, 9.17) is 26.9 Å². The fourth-order valence-corrected chi connectivity index (χ4v) is 3.91. The first kappa shape index (κ1) is 22.5. The van der Waals surface area contributed by atoms with Crippen LogP contribution < -0.4 is 21.9 Å². The number of nitrogen functional groups attached to an aromatic ring is 1. The molecule has 1 aromatic heterocycles. The van der Waals surface area contributed by atoms with Crippen molar-refractivity contribution in [2.45, 2.75) is 32.3 Å². The zero-order chi connectivity index (χ0) is 23.5. The van der Waals surface area contributed by atoms with Crippen molar-refractivity contribution in [1.82, 2.24) is 4.98 Å².